The minimum absolute atomic E-state index is 0.551. The number of aryl methyl sites for hydroxylation is 1. The summed E-state index contributed by atoms with van der Waals surface area (Å²) in [7, 11) is 0. The van der Waals surface area contributed by atoms with E-state index in [9.17, 15) is 0 Å². The Hall–Kier alpha value is -0.720. The van der Waals surface area contributed by atoms with Gasteiger partial charge in [-0.05, 0) is 60.1 Å². The van der Waals surface area contributed by atoms with E-state index in [0.29, 0.717) is 11.8 Å². The average molecular weight is 403 g/mol. The van der Waals surface area contributed by atoms with Crippen LogP contribution in [0.15, 0.2) is 31.6 Å². The van der Waals surface area contributed by atoms with Gasteiger partial charge in [0.25, 0.3) is 0 Å². The maximum Gasteiger partial charge on any atom is 0.248 e. The van der Waals surface area contributed by atoms with Crippen LogP contribution >= 0.6 is 31.9 Å². The van der Waals surface area contributed by atoms with Gasteiger partial charge in [0.15, 0.2) is 0 Å². The molecule has 0 aliphatic heterocycles. The Balaban J connectivity index is 1.96. The van der Waals surface area contributed by atoms with Gasteiger partial charge in [0.2, 0.25) is 11.8 Å². The molecule has 2 rings (SSSR count). The second-order valence-corrected chi connectivity index (χ2v) is 6.25. The van der Waals surface area contributed by atoms with E-state index in [-0.39, 0.29) is 0 Å². The maximum absolute atomic E-state index is 5.71. The van der Waals surface area contributed by atoms with Crippen molar-refractivity contribution < 1.29 is 4.42 Å². The molecular formula is C14H17Br2N3O. The van der Waals surface area contributed by atoms with Crippen molar-refractivity contribution in [2.75, 3.05) is 13.1 Å². The van der Waals surface area contributed by atoms with Gasteiger partial charge in [-0.2, -0.15) is 0 Å². The van der Waals surface area contributed by atoms with E-state index >= 15 is 0 Å². The molecule has 4 nitrogen and oxygen atoms in total. The number of nitrogens with one attached hydrogen (secondary N) is 1. The summed E-state index contributed by atoms with van der Waals surface area (Å²) in [5, 5.41) is 11.6. The molecule has 1 aromatic heterocycles. The number of halogens is 2. The molecule has 6 heteroatoms. The molecule has 0 aliphatic rings. The highest BCUT2D eigenvalue weighted by molar-refractivity contribution is 9.11. The van der Waals surface area contributed by atoms with Crippen molar-refractivity contribution in [3.05, 3.63) is 33.0 Å². The van der Waals surface area contributed by atoms with Gasteiger partial charge in [-0.25, -0.2) is 0 Å². The van der Waals surface area contributed by atoms with Gasteiger partial charge in [0, 0.05) is 15.4 Å². The second-order valence-electron chi connectivity index (χ2n) is 4.48. The lowest BCUT2D eigenvalue weighted by atomic mass is 10.2. The zero-order valence-electron chi connectivity index (χ0n) is 11.3. The third-order valence-corrected chi connectivity index (χ3v) is 3.98. The van der Waals surface area contributed by atoms with Gasteiger partial charge < -0.3 is 9.73 Å². The third-order valence-electron chi connectivity index (χ3n) is 2.80. The van der Waals surface area contributed by atoms with Gasteiger partial charge >= 0.3 is 0 Å². The van der Waals surface area contributed by atoms with Crippen LogP contribution in [0.25, 0.3) is 11.5 Å². The first kappa shape index (κ1) is 15.7. The largest absolute Gasteiger partial charge is 0.421 e. The van der Waals surface area contributed by atoms with Gasteiger partial charge in [-0.3, -0.25) is 0 Å². The number of nitrogens with zero attached hydrogens (tertiary/aromatic N) is 2. The number of hydrogen-bond acceptors (Lipinski definition) is 4. The molecule has 1 N–H and O–H groups in total. The summed E-state index contributed by atoms with van der Waals surface area (Å²) in [6.07, 6.45) is 2.96. The lowest BCUT2D eigenvalue weighted by Crippen LogP contribution is -2.16. The van der Waals surface area contributed by atoms with Crippen LogP contribution in [0.4, 0.5) is 0 Å². The molecule has 1 heterocycles. The average Bonchev–Trinajstić information content (AvgIpc) is 2.90. The summed E-state index contributed by atoms with van der Waals surface area (Å²) in [5.41, 5.74) is 0.905. The van der Waals surface area contributed by atoms with Crippen molar-refractivity contribution in [1.29, 1.82) is 0 Å². The fourth-order valence-corrected chi connectivity index (χ4v) is 2.57. The molecule has 0 atom stereocenters. The standard InChI is InChI=1S/C14H17Br2N3O/c1-2-7-17-8-3-4-13-18-19-14(20-13)11-9-10(15)5-6-12(11)16/h5-6,9,17H,2-4,7-8H2,1H3. The highest BCUT2D eigenvalue weighted by Gasteiger charge is 2.12. The predicted octanol–water partition coefficient (Wildman–Crippen LogP) is 4.19. The first-order valence-corrected chi connectivity index (χ1v) is 8.28. The molecule has 0 spiro atoms. The predicted molar refractivity (Wildman–Crippen MR) is 86.6 cm³/mol. The van der Waals surface area contributed by atoms with Crippen molar-refractivity contribution >= 4 is 31.9 Å². The van der Waals surface area contributed by atoms with E-state index < -0.39 is 0 Å². The summed E-state index contributed by atoms with van der Waals surface area (Å²) < 4.78 is 7.64. The normalized spacial score (nSPS) is 10.9. The van der Waals surface area contributed by atoms with Crippen molar-refractivity contribution in [3.8, 4) is 11.5 Å². The van der Waals surface area contributed by atoms with E-state index in [2.05, 4.69) is 54.3 Å². The molecule has 0 unspecified atom stereocenters. The van der Waals surface area contributed by atoms with Gasteiger partial charge in [0.05, 0.1) is 5.56 Å². The van der Waals surface area contributed by atoms with Crippen LogP contribution in [0.5, 0.6) is 0 Å². The molecule has 0 saturated carbocycles. The minimum Gasteiger partial charge on any atom is -0.421 e. The van der Waals surface area contributed by atoms with E-state index in [0.717, 1.165) is 46.9 Å². The Kier molecular flexibility index (Phi) is 6.19. The first-order valence-electron chi connectivity index (χ1n) is 6.69. The van der Waals surface area contributed by atoms with Crippen LogP contribution in [-0.4, -0.2) is 23.3 Å². The quantitative estimate of drug-likeness (QED) is 0.705. The van der Waals surface area contributed by atoms with Crippen molar-refractivity contribution in [2.24, 2.45) is 0 Å². The van der Waals surface area contributed by atoms with E-state index in [4.69, 9.17) is 4.42 Å². The van der Waals surface area contributed by atoms with Crippen molar-refractivity contribution in [2.45, 2.75) is 26.2 Å². The van der Waals surface area contributed by atoms with Crippen molar-refractivity contribution in [3.63, 3.8) is 0 Å². The molecule has 108 valence electrons. The molecule has 20 heavy (non-hydrogen) atoms. The van der Waals surface area contributed by atoms with Crippen LogP contribution in [0.2, 0.25) is 0 Å². The highest BCUT2D eigenvalue weighted by atomic mass is 79.9. The third kappa shape index (κ3) is 4.40. The van der Waals surface area contributed by atoms with E-state index in [1.165, 1.54) is 0 Å². The Labute approximate surface area is 135 Å². The summed E-state index contributed by atoms with van der Waals surface area (Å²) in [6, 6.07) is 5.88. The Bertz CT molecular complexity index is 557. The summed E-state index contributed by atoms with van der Waals surface area (Å²) >= 11 is 6.95. The zero-order chi connectivity index (χ0) is 14.4. The SMILES string of the molecule is CCCNCCCc1nnc(-c2cc(Br)ccc2Br)o1. The number of rotatable bonds is 7. The molecule has 0 radical (unpaired) electrons. The molecule has 0 fully saturated rings. The summed E-state index contributed by atoms with van der Waals surface area (Å²) in [5.74, 6) is 1.24. The molecule has 1 aromatic carbocycles. The smallest absolute Gasteiger partial charge is 0.248 e. The number of benzene rings is 1. The molecule has 2 aromatic rings. The van der Waals surface area contributed by atoms with Gasteiger partial charge in [0.1, 0.15) is 0 Å². The second kappa shape index (κ2) is 7.90. The van der Waals surface area contributed by atoms with Crippen LogP contribution in [0, 0.1) is 0 Å². The first-order chi connectivity index (χ1) is 9.70. The van der Waals surface area contributed by atoms with Crippen LogP contribution in [-0.2, 0) is 6.42 Å². The van der Waals surface area contributed by atoms with Crippen LogP contribution in [0.1, 0.15) is 25.7 Å². The lowest BCUT2D eigenvalue weighted by Gasteiger charge is -2.01. The Morgan fingerprint density at radius 2 is 2.05 bits per heavy atom. The zero-order valence-corrected chi connectivity index (χ0v) is 14.5. The molecule has 0 aliphatic carbocycles. The molecule has 0 bridgehead atoms. The fraction of sp³-hybridized carbons (Fsp3) is 0.429. The fourth-order valence-electron chi connectivity index (χ4n) is 1.79. The minimum atomic E-state index is 0.551. The van der Waals surface area contributed by atoms with E-state index in [1.54, 1.807) is 0 Å². The van der Waals surface area contributed by atoms with Crippen LogP contribution in [0.3, 0.4) is 0 Å². The monoisotopic (exact) mass is 401 g/mol. The summed E-state index contributed by atoms with van der Waals surface area (Å²) in [4.78, 5) is 0. The Morgan fingerprint density at radius 3 is 2.85 bits per heavy atom. The van der Waals surface area contributed by atoms with Gasteiger partial charge in [-0.15, -0.1) is 10.2 Å². The van der Waals surface area contributed by atoms with Gasteiger partial charge in [-0.1, -0.05) is 22.9 Å². The highest BCUT2D eigenvalue weighted by Crippen LogP contribution is 2.30. The van der Waals surface area contributed by atoms with Crippen molar-refractivity contribution in [1.82, 2.24) is 15.5 Å². The number of aromatic nitrogens is 2. The Morgan fingerprint density at radius 1 is 1.20 bits per heavy atom. The lowest BCUT2D eigenvalue weighted by molar-refractivity contribution is 0.491. The number of hydrogen-bond donors (Lipinski definition) is 1. The van der Waals surface area contributed by atoms with Crippen LogP contribution < -0.4 is 5.32 Å². The summed E-state index contributed by atoms with van der Waals surface area (Å²) in [6.45, 7) is 4.19. The molecular weight excluding hydrogens is 386 g/mol. The van der Waals surface area contributed by atoms with E-state index in [1.807, 2.05) is 18.2 Å². The topological polar surface area (TPSA) is 51.0 Å². The molecule has 0 saturated heterocycles. The maximum atomic E-state index is 5.71. The molecule has 0 amide bonds.